The summed E-state index contributed by atoms with van der Waals surface area (Å²) < 4.78 is 32.5. The van der Waals surface area contributed by atoms with Gasteiger partial charge in [0.05, 0.1) is 12.2 Å². The van der Waals surface area contributed by atoms with Crippen molar-refractivity contribution < 1.29 is 23.1 Å². The molecule has 0 bridgehead atoms. The van der Waals surface area contributed by atoms with Crippen LogP contribution < -0.4 is 15.0 Å². The Morgan fingerprint density at radius 2 is 1.84 bits per heavy atom. The molecule has 3 aromatic carbocycles. The zero-order valence-corrected chi connectivity index (χ0v) is 16.3. The Hall–Kier alpha value is -4.00. The van der Waals surface area contributed by atoms with Gasteiger partial charge in [-0.25, -0.2) is 8.78 Å². The van der Waals surface area contributed by atoms with Crippen LogP contribution in [-0.2, 0) is 16.1 Å². The molecule has 1 aliphatic heterocycles. The zero-order valence-electron chi connectivity index (χ0n) is 16.3. The van der Waals surface area contributed by atoms with Gasteiger partial charge in [-0.15, -0.1) is 0 Å². The second-order valence-electron chi connectivity index (χ2n) is 6.92. The van der Waals surface area contributed by atoms with Gasteiger partial charge in [0.15, 0.2) is 6.61 Å². The number of fused-ring (bicyclic) bond motifs is 1. The summed E-state index contributed by atoms with van der Waals surface area (Å²) >= 11 is 0. The van der Waals surface area contributed by atoms with E-state index in [0.29, 0.717) is 28.3 Å². The third-order valence-electron chi connectivity index (χ3n) is 4.75. The number of hydrogen-bond acceptors (Lipinski definition) is 3. The third-order valence-corrected chi connectivity index (χ3v) is 4.75. The molecule has 0 radical (unpaired) electrons. The van der Waals surface area contributed by atoms with Crippen molar-refractivity contribution in [1.29, 1.82) is 0 Å². The Bertz CT molecular complexity index is 1160. The number of ether oxygens (including phenoxy) is 1. The maximum atomic E-state index is 14.0. The van der Waals surface area contributed by atoms with Crippen LogP contribution in [0.15, 0.2) is 72.8 Å². The molecule has 4 rings (SSSR count). The first-order valence-electron chi connectivity index (χ1n) is 9.55. The summed E-state index contributed by atoms with van der Waals surface area (Å²) in [6.07, 6.45) is 2.90. The van der Waals surface area contributed by atoms with E-state index < -0.39 is 0 Å². The standard InChI is InChI=1S/C24H18F2N2O3/c25-18-8-5-16(6-9-18)7-12-23(29)27-19-10-11-21-22(13-19)31-15-24(30)28(21)14-17-3-1-2-4-20(17)26/h1-13H,14-15H2,(H,27,29)/b12-7+. The topological polar surface area (TPSA) is 58.6 Å². The van der Waals surface area contributed by atoms with Crippen molar-refractivity contribution in [2.24, 2.45) is 0 Å². The van der Waals surface area contributed by atoms with E-state index in [-0.39, 0.29) is 36.6 Å². The van der Waals surface area contributed by atoms with E-state index in [1.54, 1.807) is 54.6 Å². The number of nitrogens with zero attached hydrogens (tertiary/aromatic N) is 1. The fourth-order valence-electron chi connectivity index (χ4n) is 3.18. The molecule has 0 aromatic heterocycles. The molecular weight excluding hydrogens is 402 g/mol. The molecule has 0 unspecified atom stereocenters. The Kier molecular flexibility index (Phi) is 5.75. The Morgan fingerprint density at radius 3 is 2.61 bits per heavy atom. The van der Waals surface area contributed by atoms with Crippen molar-refractivity contribution in [3.63, 3.8) is 0 Å². The molecule has 0 fully saturated rings. The van der Waals surface area contributed by atoms with Crippen LogP contribution in [0, 0.1) is 11.6 Å². The quantitative estimate of drug-likeness (QED) is 0.617. The highest BCUT2D eigenvalue weighted by molar-refractivity contribution is 6.03. The fourth-order valence-corrected chi connectivity index (χ4v) is 3.18. The van der Waals surface area contributed by atoms with E-state index in [4.69, 9.17) is 4.74 Å². The van der Waals surface area contributed by atoms with Crippen molar-refractivity contribution in [2.45, 2.75) is 6.54 Å². The van der Waals surface area contributed by atoms with Crippen LogP contribution in [0.3, 0.4) is 0 Å². The van der Waals surface area contributed by atoms with Crippen molar-refractivity contribution >= 4 is 29.3 Å². The Balaban J connectivity index is 1.48. The minimum Gasteiger partial charge on any atom is -0.481 e. The molecule has 0 spiro atoms. The number of halogens is 2. The van der Waals surface area contributed by atoms with E-state index >= 15 is 0 Å². The van der Waals surface area contributed by atoms with Crippen molar-refractivity contribution in [1.82, 2.24) is 0 Å². The summed E-state index contributed by atoms with van der Waals surface area (Å²) in [6.45, 7) is -0.0999. The van der Waals surface area contributed by atoms with Crippen LogP contribution in [0.25, 0.3) is 6.08 Å². The molecule has 1 aliphatic rings. The predicted octanol–water partition coefficient (Wildman–Crippen LogP) is 4.54. The van der Waals surface area contributed by atoms with Gasteiger partial charge in [-0.3, -0.25) is 9.59 Å². The normalized spacial score (nSPS) is 13.1. The molecule has 5 nitrogen and oxygen atoms in total. The number of benzene rings is 3. The molecule has 156 valence electrons. The minimum atomic E-state index is -0.389. The summed E-state index contributed by atoms with van der Waals surface area (Å²) in [5.74, 6) is -0.983. The zero-order chi connectivity index (χ0) is 21.8. The second-order valence-corrected chi connectivity index (χ2v) is 6.92. The molecule has 0 atom stereocenters. The van der Waals surface area contributed by atoms with Crippen LogP contribution in [0.1, 0.15) is 11.1 Å². The first-order chi connectivity index (χ1) is 15.0. The largest absolute Gasteiger partial charge is 0.481 e. The predicted molar refractivity (Wildman–Crippen MR) is 114 cm³/mol. The lowest BCUT2D eigenvalue weighted by atomic mass is 10.1. The van der Waals surface area contributed by atoms with Crippen LogP contribution in [0.5, 0.6) is 5.75 Å². The van der Waals surface area contributed by atoms with Crippen LogP contribution >= 0.6 is 0 Å². The molecule has 0 aliphatic carbocycles. The smallest absolute Gasteiger partial charge is 0.265 e. The molecule has 0 saturated carbocycles. The van der Waals surface area contributed by atoms with Gasteiger partial charge < -0.3 is 15.0 Å². The molecule has 7 heteroatoms. The lowest BCUT2D eigenvalue weighted by molar-refractivity contribution is -0.121. The van der Waals surface area contributed by atoms with Crippen LogP contribution in [-0.4, -0.2) is 18.4 Å². The van der Waals surface area contributed by atoms with Crippen molar-refractivity contribution in [2.75, 3.05) is 16.8 Å². The number of rotatable bonds is 5. The highest BCUT2D eigenvalue weighted by Crippen LogP contribution is 2.35. The van der Waals surface area contributed by atoms with Gasteiger partial charge in [0.2, 0.25) is 5.91 Å². The maximum absolute atomic E-state index is 14.0. The minimum absolute atomic E-state index is 0.0774. The number of nitrogens with one attached hydrogen (secondary N) is 1. The van der Waals surface area contributed by atoms with Gasteiger partial charge in [-0.1, -0.05) is 30.3 Å². The lowest BCUT2D eigenvalue weighted by Crippen LogP contribution is -2.38. The van der Waals surface area contributed by atoms with Gasteiger partial charge in [0.1, 0.15) is 17.4 Å². The highest BCUT2D eigenvalue weighted by Gasteiger charge is 2.26. The number of hydrogen-bond donors (Lipinski definition) is 1. The summed E-state index contributed by atoms with van der Waals surface area (Å²) in [4.78, 5) is 26.0. The average Bonchev–Trinajstić information content (AvgIpc) is 2.77. The van der Waals surface area contributed by atoms with Gasteiger partial charge in [0.25, 0.3) is 5.91 Å². The first kappa shape index (κ1) is 20.3. The lowest BCUT2D eigenvalue weighted by Gasteiger charge is -2.30. The molecule has 31 heavy (non-hydrogen) atoms. The van der Waals surface area contributed by atoms with Crippen LogP contribution in [0.2, 0.25) is 0 Å². The Morgan fingerprint density at radius 1 is 1.06 bits per heavy atom. The van der Waals surface area contributed by atoms with Gasteiger partial charge >= 0.3 is 0 Å². The molecule has 1 heterocycles. The molecular formula is C24H18F2N2O3. The van der Waals surface area contributed by atoms with Crippen molar-refractivity contribution in [3.8, 4) is 5.75 Å². The summed E-state index contributed by atoms with van der Waals surface area (Å²) in [5, 5.41) is 2.72. The number of anilines is 2. The molecule has 1 N–H and O–H groups in total. The molecule has 0 saturated heterocycles. The van der Waals surface area contributed by atoms with Crippen molar-refractivity contribution in [3.05, 3.63) is 95.6 Å². The first-order valence-corrected chi connectivity index (χ1v) is 9.55. The Labute approximate surface area is 177 Å². The van der Waals surface area contributed by atoms with Crippen LogP contribution in [0.4, 0.5) is 20.2 Å². The highest BCUT2D eigenvalue weighted by atomic mass is 19.1. The average molecular weight is 420 g/mol. The van der Waals surface area contributed by atoms with Gasteiger partial charge in [0, 0.05) is 23.4 Å². The fraction of sp³-hybridized carbons (Fsp3) is 0.0833. The number of carbonyl (C=O) groups is 2. The molecule has 3 aromatic rings. The van der Waals surface area contributed by atoms with E-state index in [2.05, 4.69) is 5.32 Å². The second kappa shape index (κ2) is 8.79. The number of amides is 2. The summed E-state index contributed by atoms with van der Waals surface area (Å²) in [5.41, 5.74) is 2.06. The summed E-state index contributed by atoms with van der Waals surface area (Å²) in [7, 11) is 0. The van der Waals surface area contributed by atoms with E-state index in [1.165, 1.54) is 29.2 Å². The SMILES string of the molecule is O=C(/C=C/c1ccc(F)cc1)Nc1ccc2c(c1)OCC(=O)N2Cc1ccccc1F. The molecule has 2 amide bonds. The maximum Gasteiger partial charge on any atom is 0.265 e. The summed E-state index contributed by atoms with van der Waals surface area (Å²) in [6, 6.07) is 16.9. The monoisotopic (exact) mass is 420 g/mol. The third kappa shape index (κ3) is 4.78. The van der Waals surface area contributed by atoms with Gasteiger partial charge in [-0.05, 0) is 42.0 Å². The number of carbonyl (C=O) groups excluding carboxylic acids is 2. The van der Waals surface area contributed by atoms with E-state index in [0.717, 1.165) is 0 Å². The van der Waals surface area contributed by atoms with Gasteiger partial charge in [-0.2, -0.15) is 0 Å². The van der Waals surface area contributed by atoms with E-state index in [9.17, 15) is 18.4 Å². The van der Waals surface area contributed by atoms with E-state index in [1.807, 2.05) is 0 Å².